The summed E-state index contributed by atoms with van der Waals surface area (Å²) in [5, 5.41) is 8.28. The van der Waals surface area contributed by atoms with Crippen LogP contribution in [-0.2, 0) is 4.79 Å². The molecule has 0 fully saturated rings. The van der Waals surface area contributed by atoms with E-state index >= 15 is 0 Å². The maximum Gasteiger partial charge on any atom is 0.316 e. The molecule has 1 aromatic carbocycles. The van der Waals surface area contributed by atoms with Gasteiger partial charge in [-0.1, -0.05) is 12.1 Å². The van der Waals surface area contributed by atoms with Crippen molar-refractivity contribution < 1.29 is 9.90 Å². The summed E-state index contributed by atoms with van der Waals surface area (Å²) < 4.78 is 0.938. The van der Waals surface area contributed by atoms with Crippen LogP contribution >= 0.6 is 27.7 Å². The molecule has 70 valence electrons. The van der Waals surface area contributed by atoms with Crippen molar-refractivity contribution in [1.82, 2.24) is 0 Å². The molecule has 1 aromatic rings. The third kappa shape index (κ3) is 3.04. The molecule has 0 aliphatic rings. The molecular weight excluding hydrogens is 252 g/mol. The molecule has 1 atom stereocenters. The summed E-state index contributed by atoms with van der Waals surface area (Å²) in [4.78, 5) is 11.5. The Morgan fingerprint density at radius 3 is 2.69 bits per heavy atom. The van der Waals surface area contributed by atoms with Gasteiger partial charge in [-0.15, -0.1) is 11.8 Å². The highest BCUT2D eigenvalue weighted by molar-refractivity contribution is 9.10. The van der Waals surface area contributed by atoms with Crippen molar-refractivity contribution in [3.8, 4) is 0 Å². The van der Waals surface area contributed by atoms with Gasteiger partial charge in [-0.3, -0.25) is 4.79 Å². The van der Waals surface area contributed by atoms with Crippen molar-refractivity contribution in [1.29, 1.82) is 0 Å². The van der Waals surface area contributed by atoms with Crippen LogP contribution in [0.5, 0.6) is 0 Å². The normalized spacial score (nSPS) is 12.5. The second-order valence-electron chi connectivity index (χ2n) is 2.53. The minimum Gasteiger partial charge on any atom is -0.480 e. The molecule has 0 saturated heterocycles. The van der Waals surface area contributed by atoms with Gasteiger partial charge in [-0.05, 0) is 35.0 Å². The first kappa shape index (κ1) is 10.6. The lowest BCUT2D eigenvalue weighted by Gasteiger charge is -2.06. The lowest BCUT2D eigenvalue weighted by molar-refractivity contribution is -0.136. The van der Waals surface area contributed by atoms with Gasteiger partial charge in [-0.2, -0.15) is 0 Å². The Morgan fingerprint density at radius 2 is 2.15 bits per heavy atom. The summed E-state index contributed by atoms with van der Waals surface area (Å²) in [5.41, 5.74) is 0. The Hall–Kier alpha value is -0.480. The summed E-state index contributed by atoms with van der Waals surface area (Å²) in [6.07, 6.45) is 0. The molecule has 0 heterocycles. The molecule has 0 spiro atoms. The molecule has 0 radical (unpaired) electrons. The van der Waals surface area contributed by atoms with E-state index in [1.54, 1.807) is 6.92 Å². The SMILES string of the molecule is CC(Sc1ccccc1Br)C(=O)O. The maximum atomic E-state index is 10.6. The second kappa shape index (κ2) is 4.67. The first-order valence-corrected chi connectivity index (χ1v) is 5.42. The molecule has 1 rings (SSSR count). The van der Waals surface area contributed by atoms with Gasteiger partial charge in [0.25, 0.3) is 0 Å². The Bertz CT molecular complexity index is 314. The molecule has 0 aliphatic heterocycles. The van der Waals surface area contributed by atoms with E-state index in [2.05, 4.69) is 15.9 Å². The topological polar surface area (TPSA) is 37.3 Å². The van der Waals surface area contributed by atoms with Crippen molar-refractivity contribution >= 4 is 33.7 Å². The Balaban J connectivity index is 2.74. The number of halogens is 1. The number of benzene rings is 1. The summed E-state index contributed by atoms with van der Waals surface area (Å²) in [6, 6.07) is 7.59. The van der Waals surface area contributed by atoms with Gasteiger partial charge in [0, 0.05) is 9.37 Å². The standard InChI is InChI=1S/C9H9BrO2S/c1-6(9(11)12)13-8-5-3-2-4-7(8)10/h2-6H,1H3,(H,11,12). The van der Waals surface area contributed by atoms with E-state index in [-0.39, 0.29) is 0 Å². The molecule has 1 N–H and O–H groups in total. The fourth-order valence-corrected chi connectivity index (χ4v) is 2.17. The van der Waals surface area contributed by atoms with Crippen molar-refractivity contribution in [3.05, 3.63) is 28.7 Å². The van der Waals surface area contributed by atoms with Gasteiger partial charge >= 0.3 is 5.97 Å². The van der Waals surface area contributed by atoms with E-state index < -0.39 is 11.2 Å². The number of carboxylic acid groups (broad SMARTS) is 1. The van der Waals surface area contributed by atoms with Crippen molar-refractivity contribution in [2.45, 2.75) is 17.1 Å². The number of rotatable bonds is 3. The summed E-state index contributed by atoms with van der Waals surface area (Å²) in [5.74, 6) is -0.791. The van der Waals surface area contributed by atoms with Crippen LogP contribution in [0.4, 0.5) is 0 Å². The second-order valence-corrected chi connectivity index (χ2v) is 4.77. The number of aliphatic carboxylic acids is 1. The van der Waals surface area contributed by atoms with Crippen LogP contribution in [0.3, 0.4) is 0 Å². The zero-order valence-corrected chi connectivity index (χ0v) is 9.43. The van der Waals surface area contributed by atoms with Gasteiger partial charge in [-0.25, -0.2) is 0 Å². The van der Waals surface area contributed by atoms with Gasteiger partial charge < -0.3 is 5.11 Å². The number of hydrogen-bond acceptors (Lipinski definition) is 2. The lowest BCUT2D eigenvalue weighted by Crippen LogP contribution is -2.11. The van der Waals surface area contributed by atoms with Gasteiger partial charge in [0.2, 0.25) is 0 Å². The summed E-state index contributed by atoms with van der Waals surface area (Å²) in [6.45, 7) is 1.67. The number of hydrogen-bond donors (Lipinski definition) is 1. The van der Waals surface area contributed by atoms with Gasteiger partial charge in [0.15, 0.2) is 0 Å². The first-order chi connectivity index (χ1) is 6.11. The average molecular weight is 261 g/mol. The van der Waals surface area contributed by atoms with Crippen LogP contribution in [-0.4, -0.2) is 16.3 Å². The van der Waals surface area contributed by atoms with Crippen LogP contribution in [0.15, 0.2) is 33.6 Å². The number of thioether (sulfide) groups is 1. The number of carboxylic acids is 1. The molecule has 1 unspecified atom stereocenters. The smallest absolute Gasteiger partial charge is 0.316 e. The molecule has 2 nitrogen and oxygen atoms in total. The zero-order valence-electron chi connectivity index (χ0n) is 7.03. The largest absolute Gasteiger partial charge is 0.480 e. The number of carbonyl (C=O) groups is 1. The van der Waals surface area contributed by atoms with Crippen LogP contribution in [0.2, 0.25) is 0 Å². The van der Waals surface area contributed by atoms with Crippen LogP contribution in [0.1, 0.15) is 6.92 Å². The minimum absolute atomic E-state index is 0.418. The monoisotopic (exact) mass is 260 g/mol. The first-order valence-electron chi connectivity index (χ1n) is 3.75. The van der Waals surface area contributed by atoms with E-state index in [0.717, 1.165) is 9.37 Å². The molecular formula is C9H9BrO2S. The highest BCUT2D eigenvalue weighted by Crippen LogP contribution is 2.30. The molecule has 4 heteroatoms. The van der Waals surface area contributed by atoms with Crippen molar-refractivity contribution in [2.24, 2.45) is 0 Å². The van der Waals surface area contributed by atoms with E-state index in [1.165, 1.54) is 11.8 Å². The predicted octanol–water partition coefficient (Wildman–Crippen LogP) is 3.01. The van der Waals surface area contributed by atoms with Crippen LogP contribution in [0, 0.1) is 0 Å². The molecule has 0 amide bonds. The third-order valence-electron chi connectivity index (χ3n) is 1.49. The quantitative estimate of drug-likeness (QED) is 0.850. The van der Waals surface area contributed by atoms with Gasteiger partial charge in [0.05, 0.1) is 0 Å². The Kier molecular flexibility index (Phi) is 3.81. The third-order valence-corrected chi connectivity index (χ3v) is 3.61. The molecule has 0 bridgehead atoms. The molecule has 13 heavy (non-hydrogen) atoms. The Morgan fingerprint density at radius 1 is 1.54 bits per heavy atom. The fraction of sp³-hybridized carbons (Fsp3) is 0.222. The lowest BCUT2D eigenvalue weighted by atomic mass is 10.4. The van der Waals surface area contributed by atoms with Crippen molar-refractivity contribution in [3.63, 3.8) is 0 Å². The fourth-order valence-electron chi connectivity index (χ4n) is 0.781. The Labute approximate surface area is 89.5 Å². The highest BCUT2D eigenvalue weighted by atomic mass is 79.9. The van der Waals surface area contributed by atoms with E-state index in [1.807, 2.05) is 24.3 Å². The van der Waals surface area contributed by atoms with Crippen LogP contribution in [0.25, 0.3) is 0 Å². The molecule has 0 aliphatic carbocycles. The summed E-state index contributed by atoms with van der Waals surface area (Å²) >= 11 is 4.69. The van der Waals surface area contributed by atoms with Crippen molar-refractivity contribution in [2.75, 3.05) is 0 Å². The zero-order chi connectivity index (χ0) is 9.84. The highest BCUT2D eigenvalue weighted by Gasteiger charge is 2.13. The van der Waals surface area contributed by atoms with E-state index in [0.29, 0.717) is 0 Å². The van der Waals surface area contributed by atoms with Crippen LogP contribution < -0.4 is 0 Å². The average Bonchev–Trinajstić information content (AvgIpc) is 2.08. The maximum absolute atomic E-state index is 10.6. The van der Waals surface area contributed by atoms with E-state index in [9.17, 15) is 4.79 Å². The molecule has 0 aromatic heterocycles. The van der Waals surface area contributed by atoms with Gasteiger partial charge in [0.1, 0.15) is 5.25 Å². The van der Waals surface area contributed by atoms with E-state index in [4.69, 9.17) is 5.11 Å². The predicted molar refractivity (Wildman–Crippen MR) is 57.1 cm³/mol. The molecule has 0 saturated carbocycles. The minimum atomic E-state index is -0.791. The summed E-state index contributed by atoms with van der Waals surface area (Å²) in [7, 11) is 0.